The SMILES string of the molecule is CC(C)CCN(CCC(C)C)C(=O)c1cc(O)cc(O)c1. The normalized spacial score (nSPS) is 11.1. The Labute approximate surface area is 127 Å². The fourth-order valence-corrected chi connectivity index (χ4v) is 2.04. The van der Waals surface area contributed by atoms with Gasteiger partial charge in [0.15, 0.2) is 0 Å². The van der Waals surface area contributed by atoms with Crippen molar-refractivity contribution in [1.82, 2.24) is 4.90 Å². The molecular formula is C17H27NO3. The fourth-order valence-electron chi connectivity index (χ4n) is 2.04. The van der Waals surface area contributed by atoms with E-state index in [1.54, 1.807) is 0 Å². The maximum atomic E-state index is 12.6. The molecule has 0 unspecified atom stereocenters. The van der Waals surface area contributed by atoms with Gasteiger partial charge in [0, 0.05) is 24.7 Å². The second kappa shape index (κ2) is 7.91. The van der Waals surface area contributed by atoms with Crippen LogP contribution in [0.25, 0.3) is 0 Å². The summed E-state index contributed by atoms with van der Waals surface area (Å²) in [5, 5.41) is 19.1. The maximum Gasteiger partial charge on any atom is 0.254 e. The first-order valence-corrected chi connectivity index (χ1v) is 7.62. The van der Waals surface area contributed by atoms with E-state index < -0.39 is 0 Å². The van der Waals surface area contributed by atoms with Gasteiger partial charge in [0.25, 0.3) is 5.91 Å². The molecule has 21 heavy (non-hydrogen) atoms. The van der Waals surface area contributed by atoms with E-state index in [2.05, 4.69) is 27.7 Å². The van der Waals surface area contributed by atoms with E-state index in [1.165, 1.54) is 18.2 Å². The molecule has 1 aromatic carbocycles. The van der Waals surface area contributed by atoms with Gasteiger partial charge >= 0.3 is 0 Å². The van der Waals surface area contributed by atoms with Crippen LogP contribution in [-0.4, -0.2) is 34.1 Å². The van der Waals surface area contributed by atoms with Crippen molar-refractivity contribution in [2.24, 2.45) is 11.8 Å². The summed E-state index contributed by atoms with van der Waals surface area (Å²) < 4.78 is 0. The molecule has 2 N–H and O–H groups in total. The number of aromatic hydroxyl groups is 2. The van der Waals surface area contributed by atoms with Gasteiger partial charge in [-0.2, -0.15) is 0 Å². The van der Waals surface area contributed by atoms with Crippen LogP contribution in [-0.2, 0) is 0 Å². The number of hydrogen-bond donors (Lipinski definition) is 2. The number of phenols is 2. The number of carbonyl (C=O) groups is 1. The molecule has 4 heteroatoms. The molecule has 118 valence electrons. The highest BCUT2D eigenvalue weighted by molar-refractivity contribution is 5.95. The van der Waals surface area contributed by atoms with Crippen LogP contribution in [0.3, 0.4) is 0 Å². The summed E-state index contributed by atoms with van der Waals surface area (Å²) in [5.74, 6) is 0.730. The predicted molar refractivity (Wildman–Crippen MR) is 84.6 cm³/mol. The van der Waals surface area contributed by atoms with Gasteiger partial charge in [0.1, 0.15) is 11.5 Å². The highest BCUT2D eigenvalue weighted by atomic mass is 16.3. The third kappa shape index (κ3) is 6.06. The van der Waals surface area contributed by atoms with Gasteiger partial charge in [-0.3, -0.25) is 4.79 Å². The van der Waals surface area contributed by atoms with Crippen molar-refractivity contribution in [2.45, 2.75) is 40.5 Å². The second-order valence-electron chi connectivity index (χ2n) is 6.40. The average Bonchev–Trinajstić information content (AvgIpc) is 2.36. The summed E-state index contributed by atoms with van der Waals surface area (Å²) in [6.45, 7) is 9.91. The van der Waals surface area contributed by atoms with E-state index in [0.29, 0.717) is 30.5 Å². The molecule has 0 aromatic heterocycles. The molecule has 0 radical (unpaired) electrons. The van der Waals surface area contributed by atoms with Crippen molar-refractivity contribution in [3.63, 3.8) is 0 Å². The van der Waals surface area contributed by atoms with Crippen LogP contribution < -0.4 is 0 Å². The van der Waals surface area contributed by atoms with Crippen LogP contribution in [0.15, 0.2) is 18.2 Å². The van der Waals surface area contributed by atoms with Crippen molar-refractivity contribution >= 4 is 5.91 Å². The summed E-state index contributed by atoms with van der Waals surface area (Å²) in [6, 6.07) is 4.03. The van der Waals surface area contributed by atoms with Crippen molar-refractivity contribution in [1.29, 1.82) is 0 Å². The quantitative estimate of drug-likeness (QED) is 0.807. The molecule has 0 aliphatic rings. The third-order valence-electron chi connectivity index (χ3n) is 3.39. The van der Waals surface area contributed by atoms with Crippen molar-refractivity contribution in [2.75, 3.05) is 13.1 Å². The first-order chi connectivity index (χ1) is 9.79. The lowest BCUT2D eigenvalue weighted by atomic mass is 10.1. The molecule has 1 amide bonds. The minimum atomic E-state index is -0.137. The Bertz CT molecular complexity index is 437. The smallest absolute Gasteiger partial charge is 0.254 e. The average molecular weight is 293 g/mol. The Balaban J connectivity index is 2.86. The fraction of sp³-hybridized carbons (Fsp3) is 0.588. The molecular weight excluding hydrogens is 266 g/mol. The summed E-state index contributed by atoms with van der Waals surface area (Å²) in [5.41, 5.74) is 0.333. The van der Waals surface area contributed by atoms with Crippen molar-refractivity contribution in [3.05, 3.63) is 23.8 Å². The van der Waals surface area contributed by atoms with E-state index in [-0.39, 0.29) is 17.4 Å². The number of phenolic OH excluding ortho intramolecular Hbond substituents is 2. The molecule has 0 spiro atoms. The Morgan fingerprint density at radius 3 is 1.76 bits per heavy atom. The van der Waals surface area contributed by atoms with Crippen LogP contribution in [0.4, 0.5) is 0 Å². The number of carbonyl (C=O) groups excluding carboxylic acids is 1. The second-order valence-corrected chi connectivity index (χ2v) is 6.40. The molecule has 0 aliphatic heterocycles. The lowest BCUT2D eigenvalue weighted by Crippen LogP contribution is -2.34. The van der Waals surface area contributed by atoms with Crippen molar-refractivity contribution < 1.29 is 15.0 Å². The summed E-state index contributed by atoms with van der Waals surface area (Å²) >= 11 is 0. The molecule has 1 aromatic rings. The van der Waals surface area contributed by atoms with Crippen LogP contribution in [0, 0.1) is 11.8 Å². The number of nitrogens with zero attached hydrogens (tertiary/aromatic N) is 1. The zero-order valence-electron chi connectivity index (χ0n) is 13.5. The van der Waals surface area contributed by atoms with Gasteiger partial charge in [-0.1, -0.05) is 27.7 Å². The van der Waals surface area contributed by atoms with Crippen LogP contribution in [0.2, 0.25) is 0 Å². The Kier molecular flexibility index (Phi) is 6.53. The minimum absolute atomic E-state index is 0.0916. The van der Waals surface area contributed by atoms with E-state index in [4.69, 9.17) is 0 Å². The lowest BCUT2D eigenvalue weighted by Gasteiger charge is -2.24. The largest absolute Gasteiger partial charge is 0.508 e. The lowest BCUT2D eigenvalue weighted by molar-refractivity contribution is 0.0740. The zero-order chi connectivity index (χ0) is 16.0. The Morgan fingerprint density at radius 2 is 1.38 bits per heavy atom. The molecule has 0 bridgehead atoms. The van der Waals surface area contributed by atoms with E-state index in [1.807, 2.05) is 4.90 Å². The highest BCUT2D eigenvalue weighted by Gasteiger charge is 2.17. The molecule has 0 heterocycles. The first kappa shape index (κ1) is 17.3. The predicted octanol–water partition coefficient (Wildman–Crippen LogP) is 3.63. The Hall–Kier alpha value is -1.71. The van der Waals surface area contributed by atoms with Gasteiger partial charge in [0.2, 0.25) is 0 Å². The van der Waals surface area contributed by atoms with Gasteiger partial charge in [-0.15, -0.1) is 0 Å². The highest BCUT2D eigenvalue weighted by Crippen LogP contribution is 2.22. The van der Waals surface area contributed by atoms with Crippen LogP contribution in [0.1, 0.15) is 50.9 Å². The van der Waals surface area contributed by atoms with Gasteiger partial charge in [-0.25, -0.2) is 0 Å². The Morgan fingerprint density at radius 1 is 0.952 bits per heavy atom. The standard InChI is InChI=1S/C17H27NO3/c1-12(2)5-7-18(8-6-13(3)4)17(21)14-9-15(19)11-16(20)10-14/h9-13,19-20H,5-8H2,1-4H3. The van der Waals surface area contributed by atoms with Gasteiger partial charge < -0.3 is 15.1 Å². The number of rotatable bonds is 7. The van der Waals surface area contributed by atoms with Crippen LogP contribution in [0.5, 0.6) is 11.5 Å². The minimum Gasteiger partial charge on any atom is -0.508 e. The van der Waals surface area contributed by atoms with Crippen LogP contribution >= 0.6 is 0 Å². The van der Waals surface area contributed by atoms with E-state index >= 15 is 0 Å². The summed E-state index contributed by atoms with van der Waals surface area (Å²) in [6.07, 6.45) is 1.88. The number of benzene rings is 1. The molecule has 0 saturated heterocycles. The number of hydrogen-bond acceptors (Lipinski definition) is 3. The topological polar surface area (TPSA) is 60.8 Å². The van der Waals surface area contributed by atoms with Gasteiger partial charge in [0.05, 0.1) is 0 Å². The molecule has 4 nitrogen and oxygen atoms in total. The summed E-state index contributed by atoms with van der Waals surface area (Å²) in [4.78, 5) is 14.4. The molecule has 1 rings (SSSR count). The summed E-state index contributed by atoms with van der Waals surface area (Å²) in [7, 11) is 0. The molecule has 0 fully saturated rings. The maximum absolute atomic E-state index is 12.6. The zero-order valence-corrected chi connectivity index (χ0v) is 13.5. The van der Waals surface area contributed by atoms with E-state index in [0.717, 1.165) is 12.8 Å². The van der Waals surface area contributed by atoms with Gasteiger partial charge in [-0.05, 0) is 36.8 Å². The third-order valence-corrected chi connectivity index (χ3v) is 3.39. The monoisotopic (exact) mass is 293 g/mol. The van der Waals surface area contributed by atoms with E-state index in [9.17, 15) is 15.0 Å². The molecule has 0 aliphatic carbocycles. The molecule has 0 atom stereocenters. The number of amides is 1. The molecule has 0 saturated carbocycles. The first-order valence-electron chi connectivity index (χ1n) is 7.62. The van der Waals surface area contributed by atoms with Crippen molar-refractivity contribution in [3.8, 4) is 11.5 Å².